The summed E-state index contributed by atoms with van der Waals surface area (Å²) in [4.78, 5) is -0.557. The molecule has 0 fully saturated rings. The third-order valence-electron chi connectivity index (χ3n) is 6.01. The Bertz CT molecular complexity index is 1670. The van der Waals surface area contributed by atoms with Crippen LogP contribution in [0.2, 0.25) is 0 Å². The van der Waals surface area contributed by atoms with Crippen LogP contribution < -0.4 is 19.8 Å². The van der Waals surface area contributed by atoms with E-state index in [0.29, 0.717) is 39.0 Å². The minimum Gasteiger partial charge on any atom is -0.496 e. The number of hydrogen-bond acceptors (Lipinski definition) is 6. The minimum atomic E-state index is -4.42. The molecule has 8 nitrogen and oxygen atoms in total. The van der Waals surface area contributed by atoms with E-state index in [9.17, 15) is 16.8 Å². The standard InChI is InChI=1S/C26H26N2O6S2/c1-33-23-13-7-3-9-17(23)15-21-19-11-5-6-12-20(19)25(35(27,29)30)22(26(21)36(28,31)32)16-18-10-4-8-14-24(18)34-2/h3-14H,15-16H2,1-2H3,(H2,27,29,30)(H2,28,31,32). The molecule has 0 radical (unpaired) electrons. The molecular formula is C26H26N2O6S2. The number of methoxy groups -OCH3 is 2. The molecule has 0 aliphatic rings. The molecule has 36 heavy (non-hydrogen) atoms. The Morgan fingerprint density at radius 2 is 1.00 bits per heavy atom. The number of ether oxygens (including phenoxy) is 2. The van der Waals surface area contributed by atoms with Crippen LogP contribution >= 0.6 is 0 Å². The number of nitrogens with two attached hydrogens (primary N) is 2. The van der Waals surface area contributed by atoms with Gasteiger partial charge in [0.25, 0.3) is 0 Å². The fourth-order valence-electron chi connectivity index (χ4n) is 4.60. The molecule has 0 aromatic heterocycles. The van der Waals surface area contributed by atoms with E-state index in [4.69, 9.17) is 19.8 Å². The van der Waals surface area contributed by atoms with Crippen molar-refractivity contribution >= 4 is 30.8 Å². The molecular weight excluding hydrogens is 500 g/mol. The summed E-state index contributed by atoms with van der Waals surface area (Å²) in [6.45, 7) is 0. The first-order valence-corrected chi connectivity index (χ1v) is 14.0. The lowest BCUT2D eigenvalue weighted by molar-refractivity contribution is 0.410. The average molecular weight is 527 g/mol. The molecule has 0 aliphatic heterocycles. The van der Waals surface area contributed by atoms with E-state index in [-0.39, 0.29) is 28.2 Å². The summed E-state index contributed by atoms with van der Waals surface area (Å²) in [5, 5.41) is 12.2. The number of hydrogen-bond donors (Lipinski definition) is 2. The van der Waals surface area contributed by atoms with E-state index < -0.39 is 20.0 Å². The predicted octanol–water partition coefficient (Wildman–Crippen LogP) is 3.33. The fraction of sp³-hybridized carbons (Fsp3) is 0.154. The highest BCUT2D eigenvalue weighted by Crippen LogP contribution is 2.39. The first-order valence-electron chi connectivity index (χ1n) is 10.9. The van der Waals surface area contributed by atoms with Crippen molar-refractivity contribution in [1.82, 2.24) is 0 Å². The molecule has 4 aromatic carbocycles. The molecule has 0 atom stereocenters. The quantitative estimate of drug-likeness (QED) is 0.361. The molecule has 188 valence electrons. The zero-order valence-corrected chi connectivity index (χ0v) is 21.4. The summed E-state index contributed by atoms with van der Waals surface area (Å²) in [7, 11) is -5.79. The first-order chi connectivity index (χ1) is 17.1. The number of rotatable bonds is 8. The molecule has 4 N–H and O–H groups in total. The first kappa shape index (κ1) is 25.6. The molecule has 10 heteroatoms. The summed E-state index contributed by atoms with van der Waals surface area (Å²) >= 11 is 0. The lowest BCUT2D eigenvalue weighted by atomic mass is 9.92. The number of benzene rings is 4. The molecule has 0 bridgehead atoms. The van der Waals surface area contributed by atoms with E-state index >= 15 is 0 Å². The Kier molecular flexibility index (Phi) is 7.05. The number of para-hydroxylation sites is 2. The van der Waals surface area contributed by atoms with Crippen LogP contribution in [0.3, 0.4) is 0 Å². The highest BCUT2D eigenvalue weighted by atomic mass is 32.2. The highest BCUT2D eigenvalue weighted by Gasteiger charge is 2.31. The van der Waals surface area contributed by atoms with Gasteiger partial charge in [-0.05, 0) is 39.8 Å². The second-order valence-electron chi connectivity index (χ2n) is 8.23. The second kappa shape index (κ2) is 9.90. The van der Waals surface area contributed by atoms with Crippen molar-refractivity contribution in [3.8, 4) is 11.5 Å². The number of fused-ring (bicyclic) bond motifs is 1. The monoisotopic (exact) mass is 526 g/mol. The van der Waals surface area contributed by atoms with Crippen LogP contribution in [0, 0.1) is 0 Å². The Labute approximate surface area is 210 Å². The lowest BCUT2D eigenvalue weighted by Crippen LogP contribution is -2.23. The zero-order chi connectivity index (χ0) is 26.1. The van der Waals surface area contributed by atoms with Gasteiger partial charge in [-0.2, -0.15) is 0 Å². The van der Waals surface area contributed by atoms with Crippen LogP contribution in [0.5, 0.6) is 11.5 Å². The summed E-state index contributed by atoms with van der Waals surface area (Å²) in [5.74, 6) is 1.03. The third kappa shape index (κ3) is 4.93. The molecule has 4 rings (SSSR count). The SMILES string of the molecule is COc1ccccc1Cc1c(S(N)(=O)=O)c(Cc2ccccc2OC)c2ccccc2c1S(N)(=O)=O. The summed E-state index contributed by atoms with van der Waals surface area (Å²) in [6.07, 6.45) is 0.0331. The molecule has 0 spiro atoms. The summed E-state index contributed by atoms with van der Waals surface area (Å²) < 4.78 is 63.1. The van der Waals surface area contributed by atoms with Gasteiger partial charge in [0, 0.05) is 18.2 Å². The average Bonchev–Trinajstić information content (AvgIpc) is 2.83. The van der Waals surface area contributed by atoms with Gasteiger partial charge in [-0.3, -0.25) is 0 Å². The molecule has 0 aliphatic carbocycles. The lowest BCUT2D eigenvalue weighted by Gasteiger charge is -2.22. The van der Waals surface area contributed by atoms with Gasteiger partial charge >= 0.3 is 0 Å². The van der Waals surface area contributed by atoms with Gasteiger partial charge in [0.2, 0.25) is 20.0 Å². The van der Waals surface area contributed by atoms with Crippen LogP contribution in [0.4, 0.5) is 0 Å². The fourth-order valence-corrected chi connectivity index (χ4v) is 6.71. The van der Waals surface area contributed by atoms with Crippen molar-refractivity contribution in [3.63, 3.8) is 0 Å². The second-order valence-corrected chi connectivity index (χ2v) is 11.2. The number of primary sulfonamides is 2. The van der Waals surface area contributed by atoms with Gasteiger partial charge in [0.1, 0.15) is 11.5 Å². The van der Waals surface area contributed by atoms with Crippen molar-refractivity contribution in [3.05, 3.63) is 95.1 Å². The van der Waals surface area contributed by atoms with Crippen molar-refractivity contribution in [2.75, 3.05) is 14.2 Å². The van der Waals surface area contributed by atoms with Gasteiger partial charge in [-0.25, -0.2) is 27.1 Å². The third-order valence-corrected chi connectivity index (χ3v) is 8.10. The molecule has 0 heterocycles. The zero-order valence-electron chi connectivity index (χ0n) is 19.8. The Morgan fingerprint density at radius 3 is 1.47 bits per heavy atom. The van der Waals surface area contributed by atoms with E-state index in [0.717, 1.165) is 0 Å². The maximum atomic E-state index is 13.2. The largest absolute Gasteiger partial charge is 0.496 e. The van der Waals surface area contributed by atoms with E-state index in [1.54, 1.807) is 60.7 Å². The molecule has 0 saturated carbocycles. The summed E-state index contributed by atoms with van der Waals surface area (Å²) in [6, 6.07) is 20.8. The Morgan fingerprint density at radius 1 is 0.583 bits per heavy atom. The van der Waals surface area contributed by atoms with E-state index in [1.165, 1.54) is 14.2 Å². The summed E-state index contributed by atoms with van der Waals surface area (Å²) in [5.41, 5.74) is 1.64. The Hall–Kier alpha value is -3.44. The molecule has 0 saturated heterocycles. The van der Waals surface area contributed by atoms with Crippen molar-refractivity contribution in [2.24, 2.45) is 10.3 Å². The maximum absolute atomic E-state index is 13.2. The topological polar surface area (TPSA) is 139 Å². The van der Waals surface area contributed by atoms with Crippen molar-refractivity contribution in [2.45, 2.75) is 22.6 Å². The van der Waals surface area contributed by atoms with Gasteiger partial charge in [0.15, 0.2) is 0 Å². The van der Waals surface area contributed by atoms with E-state index in [2.05, 4.69) is 0 Å². The van der Waals surface area contributed by atoms with Crippen LogP contribution in [0.1, 0.15) is 22.3 Å². The van der Waals surface area contributed by atoms with Gasteiger partial charge in [-0.15, -0.1) is 0 Å². The van der Waals surface area contributed by atoms with Crippen molar-refractivity contribution in [1.29, 1.82) is 0 Å². The molecule has 4 aromatic rings. The van der Waals surface area contributed by atoms with Crippen LogP contribution in [0.15, 0.2) is 82.6 Å². The Balaban J connectivity index is 2.17. The van der Waals surface area contributed by atoms with E-state index in [1.807, 2.05) is 12.1 Å². The van der Waals surface area contributed by atoms with Crippen molar-refractivity contribution < 1.29 is 26.3 Å². The van der Waals surface area contributed by atoms with Gasteiger partial charge in [-0.1, -0.05) is 60.7 Å². The molecule has 0 amide bonds. The van der Waals surface area contributed by atoms with Gasteiger partial charge in [0.05, 0.1) is 24.0 Å². The van der Waals surface area contributed by atoms with Crippen LogP contribution in [-0.4, -0.2) is 31.1 Å². The van der Waals surface area contributed by atoms with Crippen LogP contribution in [0.25, 0.3) is 10.8 Å². The normalized spacial score (nSPS) is 12.0. The van der Waals surface area contributed by atoms with Crippen LogP contribution in [-0.2, 0) is 32.9 Å². The number of sulfonamides is 2. The smallest absolute Gasteiger partial charge is 0.238 e. The maximum Gasteiger partial charge on any atom is 0.238 e. The predicted molar refractivity (Wildman–Crippen MR) is 138 cm³/mol. The van der Waals surface area contributed by atoms with Gasteiger partial charge < -0.3 is 9.47 Å². The minimum absolute atomic E-state index is 0.00639. The molecule has 0 unspecified atom stereocenters. The highest BCUT2D eigenvalue weighted by molar-refractivity contribution is 7.90.